The van der Waals surface area contributed by atoms with Gasteiger partial charge in [0.1, 0.15) is 24.4 Å². The van der Waals surface area contributed by atoms with Gasteiger partial charge < -0.3 is 14.3 Å². The van der Waals surface area contributed by atoms with Gasteiger partial charge in [0, 0.05) is 5.02 Å². The van der Waals surface area contributed by atoms with Crippen molar-refractivity contribution in [3.8, 4) is 5.75 Å². The summed E-state index contributed by atoms with van der Waals surface area (Å²) in [6, 6.07) is 5.25. The average Bonchev–Trinajstić information content (AvgIpc) is 2.88. The van der Waals surface area contributed by atoms with Gasteiger partial charge in [0.2, 0.25) is 0 Å². The fourth-order valence-corrected chi connectivity index (χ4v) is 2.14. The first-order valence-electron chi connectivity index (χ1n) is 6.62. The molecule has 1 aromatic heterocycles. The van der Waals surface area contributed by atoms with Gasteiger partial charge >= 0.3 is 5.97 Å². The van der Waals surface area contributed by atoms with E-state index in [2.05, 4.69) is 13.8 Å². The molecule has 0 spiro atoms. The van der Waals surface area contributed by atoms with Crippen LogP contribution in [0.4, 0.5) is 0 Å². The molecule has 4 nitrogen and oxygen atoms in total. The predicted molar refractivity (Wildman–Crippen MR) is 80.3 cm³/mol. The van der Waals surface area contributed by atoms with Crippen molar-refractivity contribution in [1.82, 2.24) is 0 Å². The maximum atomic E-state index is 10.8. The first-order valence-corrected chi connectivity index (χ1v) is 6.99. The summed E-state index contributed by atoms with van der Waals surface area (Å²) >= 11 is 6.15. The lowest BCUT2D eigenvalue weighted by Gasteiger charge is -2.15. The number of aryl methyl sites for hydroxylation is 1. The van der Waals surface area contributed by atoms with Crippen molar-refractivity contribution in [2.75, 3.05) is 0 Å². The average molecular weight is 309 g/mol. The minimum atomic E-state index is -1.02. The number of ether oxygens (including phenoxy) is 1. The van der Waals surface area contributed by atoms with E-state index in [0.29, 0.717) is 10.8 Å². The molecule has 1 heterocycles. The SMILES string of the molecule is Cc1cc(OCc2cc(C(=O)O)co2)c(C(C)C)cc1Cl. The number of furan rings is 1. The standard InChI is InChI=1S/C16H17ClO4/c1-9(2)13-6-14(17)10(3)4-15(13)21-8-12-5-11(7-20-12)16(18)19/h4-7,9H,8H2,1-3H3,(H,18,19). The lowest BCUT2D eigenvalue weighted by molar-refractivity contribution is 0.0696. The molecule has 0 saturated heterocycles. The summed E-state index contributed by atoms with van der Waals surface area (Å²) < 4.78 is 10.9. The Kier molecular flexibility index (Phi) is 4.58. The number of carboxylic acids is 1. The Morgan fingerprint density at radius 2 is 2.10 bits per heavy atom. The van der Waals surface area contributed by atoms with Crippen LogP contribution in [-0.2, 0) is 6.61 Å². The maximum absolute atomic E-state index is 10.8. The van der Waals surface area contributed by atoms with Gasteiger partial charge in [-0.1, -0.05) is 25.4 Å². The fraction of sp³-hybridized carbons (Fsp3) is 0.312. The molecule has 0 bridgehead atoms. The van der Waals surface area contributed by atoms with Crippen LogP contribution >= 0.6 is 11.6 Å². The number of aromatic carboxylic acids is 1. The van der Waals surface area contributed by atoms with Crippen molar-refractivity contribution in [2.45, 2.75) is 33.3 Å². The molecular weight excluding hydrogens is 292 g/mol. The monoisotopic (exact) mass is 308 g/mol. The molecule has 1 aromatic carbocycles. The minimum absolute atomic E-state index is 0.116. The van der Waals surface area contributed by atoms with Gasteiger partial charge in [0.25, 0.3) is 0 Å². The predicted octanol–water partition coefficient (Wildman–Crippen LogP) is 4.64. The Bertz CT molecular complexity index is 658. The normalized spacial score (nSPS) is 10.9. The van der Waals surface area contributed by atoms with Crippen molar-refractivity contribution in [3.05, 3.63) is 51.9 Å². The van der Waals surface area contributed by atoms with Gasteiger partial charge in [-0.05, 0) is 42.2 Å². The third-order valence-electron chi connectivity index (χ3n) is 3.18. The Morgan fingerprint density at radius 3 is 2.67 bits per heavy atom. The van der Waals surface area contributed by atoms with Crippen molar-refractivity contribution >= 4 is 17.6 Å². The lowest BCUT2D eigenvalue weighted by Crippen LogP contribution is -2.00. The zero-order valence-corrected chi connectivity index (χ0v) is 12.9. The third-order valence-corrected chi connectivity index (χ3v) is 3.59. The van der Waals surface area contributed by atoms with Crippen LogP contribution in [0, 0.1) is 6.92 Å². The van der Waals surface area contributed by atoms with Crippen LogP contribution in [0.1, 0.15) is 47.0 Å². The Balaban J connectivity index is 2.18. The summed E-state index contributed by atoms with van der Waals surface area (Å²) in [6.07, 6.45) is 1.21. The molecule has 0 aliphatic heterocycles. The number of benzene rings is 1. The smallest absolute Gasteiger partial charge is 0.338 e. The number of halogens is 1. The zero-order chi connectivity index (χ0) is 15.6. The highest BCUT2D eigenvalue weighted by Gasteiger charge is 2.13. The number of hydrogen-bond acceptors (Lipinski definition) is 3. The van der Waals surface area contributed by atoms with Gasteiger partial charge in [-0.3, -0.25) is 0 Å². The molecule has 0 unspecified atom stereocenters. The summed E-state index contributed by atoms with van der Waals surface area (Å²) in [6.45, 7) is 6.20. The number of carboxylic acid groups (broad SMARTS) is 1. The number of carbonyl (C=O) groups is 1. The lowest BCUT2D eigenvalue weighted by atomic mass is 10.0. The third kappa shape index (κ3) is 3.58. The summed E-state index contributed by atoms with van der Waals surface area (Å²) in [7, 11) is 0. The molecule has 21 heavy (non-hydrogen) atoms. The molecule has 1 N–H and O–H groups in total. The molecule has 0 aliphatic rings. The van der Waals surface area contributed by atoms with Gasteiger partial charge in [-0.15, -0.1) is 0 Å². The highest BCUT2D eigenvalue weighted by molar-refractivity contribution is 6.31. The van der Waals surface area contributed by atoms with E-state index < -0.39 is 5.97 Å². The molecule has 5 heteroatoms. The summed E-state index contributed by atoms with van der Waals surface area (Å²) in [5.74, 6) is 0.453. The van der Waals surface area contributed by atoms with Crippen LogP contribution in [0.2, 0.25) is 5.02 Å². The van der Waals surface area contributed by atoms with E-state index in [4.69, 9.17) is 25.9 Å². The van der Waals surface area contributed by atoms with Crippen molar-refractivity contribution in [1.29, 1.82) is 0 Å². The zero-order valence-electron chi connectivity index (χ0n) is 12.1. The van der Waals surface area contributed by atoms with Gasteiger partial charge in [-0.2, -0.15) is 0 Å². The number of hydrogen-bond donors (Lipinski definition) is 1. The van der Waals surface area contributed by atoms with Crippen LogP contribution in [0.15, 0.2) is 28.9 Å². The van der Waals surface area contributed by atoms with E-state index in [1.165, 1.54) is 12.3 Å². The highest BCUT2D eigenvalue weighted by atomic mass is 35.5. The van der Waals surface area contributed by atoms with E-state index in [-0.39, 0.29) is 18.1 Å². The van der Waals surface area contributed by atoms with Gasteiger partial charge in [0.05, 0.1) is 5.56 Å². The van der Waals surface area contributed by atoms with Crippen LogP contribution in [0.25, 0.3) is 0 Å². The first-order chi connectivity index (χ1) is 9.88. The van der Waals surface area contributed by atoms with Crippen LogP contribution in [0.5, 0.6) is 5.75 Å². The van der Waals surface area contributed by atoms with E-state index >= 15 is 0 Å². The quantitative estimate of drug-likeness (QED) is 0.874. The van der Waals surface area contributed by atoms with Gasteiger partial charge in [0.15, 0.2) is 0 Å². The molecule has 0 saturated carbocycles. The second-order valence-corrected chi connectivity index (χ2v) is 5.60. The molecule has 0 amide bonds. The Hall–Kier alpha value is -1.94. The Labute approximate surface area is 128 Å². The Morgan fingerprint density at radius 1 is 1.38 bits per heavy atom. The van der Waals surface area contributed by atoms with Crippen LogP contribution in [-0.4, -0.2) is 11.1 Å². The van der Waals surface area contributed by atoms with Crippen molar-refractivity contribution in [2.24, 2.45) is 0 Å². The van der Waals surface area contributed by atoms with Crippen LogP contribution in [0.3, 0.4) is 0 Å². The van der Waals surface area contributed by atoms with Gasteiger partial charge in [-0.25, -0.2) is 4.79 Å². The molecule has 112 valence electrons. The molecule has 0 atom stereocenters. The molecule has 0 radical (unpaired) electrons. The van der Waals surface area contributed by atoms with Crippen molar-refractivity contribution in [3.63, 3.8) is 0 Å². The number of rotatable bonds is 5. The minimum Gasteiger partial charge on any atom is -0.485 e. The van der Waals surface area contributed by atoms with Crippen molar-refractivity contribution < 1.29 is 19.1 Å². The summed E-state index contributed by atoms with van der Waals surface area (Å²) in [5.41, 5.74) is 2.06. The topological polar surface area (TPSA) is 59.7 Å². The maximum Gasteiger partial charge on any atom is 0.338 e. The largest absolute Gasteiger partial charge is 0.485 e. The van der Waals surface area contributed by atoms with E-state index in [9.17, 15) is 4.79 Å². The van der Waals surface area contributed by atoms with E-state index in [1.807, 2.05) is 19.1 Å². The van der Waals surface area contributed by atoms with E-state index in [1.54, 1.807) is 0 Å². The second kappa shape index (κ2) is 6.22. The second-order valence-electron chi connectivity index (χ2n) is 5.19. The highest BCUT2D eigenvalue weighted by Crippen LogP contribution is 2.32. The summed E-state index contributed by atoms with van der Waals surface area (Å²) in [4.78, 5) is 10.8. The fourth-order valence-electron chi connectivity index (χ4n) is 1.96. The molecule has 0 fully saturated rings. The molecule has 2 aromatic rings. The molecule has 2 rings (SSSR count). The van der Waals surface area contributed by atoms with E-state index in [0.717, 1.165) is 16.9 Å². The summed E-state index contributed by atoms with van der Waals surface area (Å²) in [5, 5.41) is 9.56. The molecule has 0 aliphatic carbocycles. The first kappa shape index (κ1) is 15.4. The van der Waals surface area contributed by atoms with Crippen LogP contribution < -0.4 is 4.74 Å². The molecular formula is C16H17ClO4.